The van der Waals surface area contributed by atoms with Crippen molar-refractivity contribution in [3.8, 4) is 5.75 Å². The molecule has 0 saturated heterocycles. The molecule has 0 amide bonds. The molecule has 0 spiro atoms. The topological polar surface area (TPSA) is 55.4 Å². The van der Waals surface area contributed by atoms with E-state index in [4.69, 9.17) is 4.74 Å². The molecule has 7 heteroatoms. The van der Waals surface area contributed by atoms with Crippen LogP contribution in [0.2, 0.25) is 0 Å². The molecule has 0 radical (unpaired) electrons. The molecule has 0 aliphatic carbocycles. The Morgan fingerprint density at radius 2 is 1.86 bits per heavy atom. The Hall–Kier alpha value is -2.15. The van der Waals surface area contributed by atoms with E-state index in [-0.39, 0.29) is 11.4 Å². The molecule has 0 aliphatic rings. The summed E-state index contributed by atoms with van der Waals surface area (Å²) in [6.45, 7) is 1.81. The van der Waals surface area contributed by atoms with Crippen LogP contribution in [-0.2, 0) is 10.0 Å². The first kappa shape index (κ1) is 15.2. The van der Waals surface area contributed by atoms with Gasteiger partial charge in [-0.15, -0.1) is 0 Å². The van der Waals surface area contributed by atoms with E-state index in [9.17, 15) is 17.2 Å². The lowest BCUT2D eigenvalue weighted by Crippen LogP contribution is -2.15. The van der Waals surface area contributed by atoms with Gasteiger partial charge in [0.2, 0.25) is 0 Å². The van der Waals surface area contributed by atoms with Crippen LogP contribution < -0.4 is 9.46 Å². The number of ether oxygens (including phenoxy) is 1. The molecule has 0 fully saturated rings. The molecular weight excluding hydrogens is 300 g/mol. The number of halogens is 2. The van der Waals surface area contributed by atoms with Gasteiger partial charge in [0.05, 0.1) is 12.8 Å². The van der Waals surface area contributed by atoms with Crippen LogP contribution in [0.1, 0.15) is 5.56 Å². The first-order chi connectivity index (χ1) is 9.85. The van der Waals surface area contributed by atoms with Crippen LogP contribution in [0.25, 0.3) is 0 Å². The summed E-state index contributed by atoms with van der Waals surface area (Å²) in [6.07, 6.45) is 0. The Morgan fingerprint density at radius 3 is 2.52 bits per heavy atom. The number of hydrogen-bond acceptors (Lipinski definition) is 3. The van der Waals surface area contributed by atoms with Crippen molar-refractivity contribution in [3.05, 3.63) is 53.6 Å². The lowest BCUT2D eigenvalue weighted by Gasteiger charge is -2.13. The monoisotopic (exact) mass is 313 g/mol. The summed E-state index contributed by atoms with van der Waals surface area (Å²) < 4.78 is 58.3. The minimum Gasteiger partial charge on any atom is -0.495 e. The van der Waals surface area contributed by atoms with Gasteiger partial charge in [0.1, 0.15) is 10.6 Å². The van der Waals surface area contributed by atoms with Gasteiger partial charge in [-0.1, -0.05) is 12.1 Å². The second-order valence-corrected chi connectivity index (χ2v) is 6.01. The predicted molar refractivity (Wildman–Crippen MR) is 74.9 cm³/mol. The number of sulfonamides is 1. The van der Waals surface area contributed by atoms with Crippen molar-refractivity contribution in [1.29, 1.82) is 0 Å². The highest BCUT2D eigenvalue weighted by Crippen LogP contribution is 2.28. The standard InChI is InChI=1S/C14H13F2NO3S/c1-9-6-7-11(12(8-9)20-2)17-21(18,19)13-5-3-4-10(15)14(13)16/h3-8,17H,1-2H3. The van der Waals surface area contributed by atoms with Gasteiger partial charge in [0.15, 0.2) is 11.6 Å². The summed E-state index contributed by atoms with van der Waals surface area (Å²) in [6, 6.07) is 7.74. The Bertz CT molecular complexity index is 776. The molecule has 0 unspecified atom stereocenters. The zero-order chi connectivity index (χ0) is 15.6. The van der Waals surface area contributed by atoms with Crippen LogP contribution in [0, 0.1) is 18.6 Å². The minimum atomic E-state index is -4.26. The van der Waals surface area contributed by atoms with Crippen molar-refractivity contribution in [2.75, 3.05) is 11.8 Å². The Morgan fingerprint density at radius 1 is 1.14 bits per heavy atom. The third kappa shape index (κ3) is 3.13. The maximum Gasteiger partial charge on any atom is 0.265 e. The molecule has 1 N–H and O–H groups in total. The molecule has 0 aliphatic heterocycles. The maximum atomic E-state index is 13.6. The molecule has 0 atom stereocenters. The number of benzene rings is 2. The van der Waals surface area contributed by atoms with Gasteiger partial charge < -0.3 is 4.74 Å². The van der Waals surface area contributed by atoms with Crippen LogP contribution in [-0.4, -0.2) is 15.5 Å². The van der Waals surface area contributed by atoms with E-state index in [0.717, 1.165) is 23.8 Å². The lowest BCUT2D eigenvalue weighted by molar-refractivity contribution is 0.416. The van der Waals surface area contributed by atoms with E-state index in [2.05, 4.69) is 4.72 Å². The lowest BCUT2D eigenvalue weighted by atomic mass is 10.2. The first-order valence-electron chi connectivity index (χ1n) is 5.96. The molecule has 2 aromatic carbocycles. The van der Waals surface area contributed by atoms with Crippen LogP contribution in [0.3, 0.4) is 0 Å². The molecule has 4 nitrogen and oxygen atoms in total. The summed E-state index contributed by atoms with van der Waals surface area (Å²) in [5, 5.41) is 0. The molecule has 0 heterocycles. The van der Waals surface area contributed by atoms with Crippen molar-refractivity contribution in [1.82, 2.24) is 0 Å². The van der Waals surface area contributed by atoms with E-state index in [1.807, 2.05) is 6.92 Å². The molecule has 0 aromatic heterocycles. The Balaban J connectivity index is 2.45. The van der Waals surface area contributed by atoms with Gasteiger partial charge in [0, 0.05) is 0 Å². The molecule has 0 bridgehead atoms. The molecule has 2 rings (SSSR count). The van der Waals surface area contributed by atoms with Gasteiger partial charge in [-0.2, -0.15) is 0 Å². The van der Waals surface area contributed by atoms with Crippen LogP contribution >= 0.6 is 0 Å². The number of hydrogen-bond donors (Lipinski definition) is 1. The van der Waals surface area contributed by atoms with Crippen molar-refractivity contribution in [3.63, 3.8) is 0 Å². The average molecular weight is 313 g/mol. The second kappa shape index (κ2) is 5.69. The summed E-state index contributed by atoms with van der Waals surface area (Å²) in [5.74, 6) is -2.36. The van der Waals surface area contributed by atoms with Crippen LogP contribution in [0.5, 0.6) is 5.75 Å². The first-order valence-corrected chi connectivity index (χ1v) is 7.45. The van der Waals surface area contributed by atoms with Gasteiger partial charge in [-0.25, -0.2) is 17.2 Å². The van der Waals surface area contributed by atoms with E-state index in [1.165, 1.54) is 13.2 Å². The summed E-state index contributed by atoms with van der Waals surface area (Å²) in [7, 11) is -2.87. The number of methoxy groups -OCH3 is 1. The highest BCUT2D eigenvalue weighted by molar-refractivity contribution is 7.92. The number of aryl methyl sites for hydroxylation is 1. The summed E-state index contributed by atoms with van der Waals surface area (Å²) >= 11 is 0. The third-order valence-electron chi connectivity index (χ3n) is 2.81. The van der Waals surface area contributed by atoms with E-state index < -0.39 is 26.6 Å². The predicted octanol–water partition coefficient (Wildman–Crippen LogP) is 3.08. The SMILES string of the molecule is COc1cc(C)ccc1NS(=O)(=O)c1cccc(F)c1F. The largest absolute Gasteiger partial charge is 0.495 e. The quantitative estimate of drug-likeness (QED) is 0.944. The van der Waals surface area contributed by atoms with Crippen molar-refractivity contribution < 1.29 is 21.9 Å². The normalized spacial score (nSPS) is 11.2. The fraction of sp³-hybridized carbons (Fsp3) is 0.143. The zero-order valence-electron chi connectivity index (χ0n) is 11.4. The molecule has 112 valence electrons. The van der Waals surface area contributed by atoms with Crippen molar-refractivity contribution >= 4 is 15.7 Å². The van der Waals surface area contributed by atoms with Crippen molar-refractivity contribution in [2.24, 2.45) is 0 Å². The minimum absolute atomic E-state index is 0.145. The fourth-order valence-corrected chi connectivity index (χ4v) is 2.93. The molecule has 0 saturated carbocycles. The smallest absolute Gasteiger partial charge is 0.265 e. The Labute approximate surface area is 121 Å². The van der Waals surface area contributed by atoms with E-state index in [0.29, 0.717) is 0 Å². The molecule has 2 aromatic rings. The summed E-state index contributed by atoms with van der Waals surface area (Å²) in [4.78, 5) is -0.759. The second-order valence-electron chi connectivity index (χ2n) is 4.36. The van der Waals surface area contributed by atoms with Crippen LogP contribution in [0.4, 0.5) is 14.5 Å². The maximum absolute atomic E-state index is 13.6. The van der Waals surface area contributed by atoms with Gasteiger partial charge in [-0.3, -0.25) is 4.72 Å². The molecular formula is C14H13F2NO3S. The zero-order valence-corrected chi connectivity index (χ0v) is 12.2. The average Bonchev–Trinajstić information content (AvgIpc) is 2.43. The van der Waals surface area contributed by atoms with Gasteiger partial charge >= 0.3 is 0 Å². The van der Waals surface area contributed by atoms with Crippen molar-refractivity contribution in [2.45, 2.75) is 11.8 Å². The molecule has 21 heavy (non-hydrogen) atoms. The van der Waals surface area contributed by atoms with E-state index in [1.54, 1.807) is 12.1 Å². The highest BCUT2D eigenvalue weighted by atomic mass is 32.2. The van der Waals surface area contributed by atoms with Gasteiger partial charge in [-0.05, 0) is 36.8 Å². The summed E-state index contributed by atoms with van der Waals surface area (Å²) in [5.41, 5.74) is 1.01. The van der Waals surface area contributed by atoms with Gasteiger partial charge in [0.25, 0.3) is 10.0 Å². The third-order valence-corrected chi connectivity index (χ3v) is 4.19. The Kier molecular flexibility index (Phi) is 4.13. The number of rotatable bonds is 4. The van der Waals surface area contributed by atoms with Crippen LogP contribution in [0.15, 0.2) is 41.3 Å². The highest BCUT2D eigenvalue weighted by Gasteiger charge is 2.22. The fourth-order valence-electron chi connectivity index (χ4n) is 1.77. The van der Waals surface area contributed by atoms with E-state index >= 15 is 0 Å². The number of anilines is 1. The number of nitrogens with one attached hydrogen (secondary N) is 1.